The van der Waals surface area contributed by atoms with Crippen LogP contribution in [0.2, 0.25) is 0 Å². The number of hydrogen-bond donors (Lipinski definition) is 0. The van der Waals surface area contributed by atoms with Gasteiger partial charge in [0.15, 0.2) is 11.6 Å². The molecule has 4 aromatic rings. The molecular weight excluding hydrogens is 420 g/mol. The summed E-state index contributed by atoms with van der Waals surface area (Å²) in [6.45, 7) is 0.531. The molecule has 6 heteroatoms. The summed E-state index contributed by atoms with van der Waals surface area (Å²) in [5, 5.41) is 0.792. The summed E-state index contributed by atoms with van der Waals surface area (Å²) in [6, 6.07) is 21.3. The van der Waals surface area contributed by atoms with E-state index in [9.17, 15) is 9.59 Å². The van der Waals surface area contributed by atoms with Gasteiger partial charge in [0.25, 0.3) is 0 Å². The first-order valence-corrected chi connectivity index (χ1v) is 11.4. The Morgan fingerprint density at radius 2 is 1.88 bits per heavy atom. The fourth-order valence-electron chi connectivity index (χ4n) is 4.00. The van der Waals surface area contributed by atoms with Crippen LogP contribution >= 0.6 is 11.3 Å². The van der Waals surface area contributed by atoms with Crippen molar-refractivity contribution >= 4 is 22.9 Å². The topological polar surface area (TPSA) is 61.2 Å². The van der Waals surface area contributed by atoms with Gasteiger partial charge in [0.2, 0.25) is 0 Å². The molecule has 0 radical (unpaired) electrons. The summed E-state index contributed by atoms with van der Waals surface area (Å²) in [7, 11) is 0. The predicted octanol–water partition coefficient (Wildman–Crippen LogP) is 5.52. The highest BCUT2D eigenvalue weighted by Crippen LogP contribution is 2.31. The smallest absolute Gasteiger partial charge is 0.179 e. The summed E-state index contributed by atoms with van der Waals surface area (Å²) in [5.74, 6) is 1.01. The van der Waals surface area contributed by atoms with Gasteiger partial charge < -0.3 is 9.30 Å². The van der Waals surface area contributed by atoms with Crippen LogP contribution in [0.25, 0.3) is 10.4 Å². The number of ketones is 2. The Balaban J connectivity index is 1.23. The lowest BCUT2D eigenvalue weighted by Gasteiger charge is -2.24. The van der Waals surface area contributed by atoms with Crippen LogP contribution in [0, 0.1) is 0 Å². The summed E-state index contributed by atoms with van der Waals surface area (Å²) in [4.78, 5) is 30.4. The van der Waals surface area contributed by atoms with Gasteiger partial charge in [-0.05, 0) is 53.9 Å². The average Bonchev–Trinajstić information content (AvgIpc) is 3.50. The number of carbonyl (C=O) groups excluding carboxylic acids is 2. The summed E-state index contributed by atoms with van der Waals surface area (Å²) >= 11 is 1.53. The molecule has 1 aliphatic heterocycles. The molecule has 0 spiro atoms. The zero-order valence-electron chi connectivity index (χ0n) is 17.4. The molecule has 5 nitrogen and oxygen atoms in total. The van der Waals surface area contributed by atoms with Crippen LogP contribution in [0.1, 0.15) is 39.9 Å². The van der Waals surface area contributed by atoms with Gasteiger partial charge in [-0.25, -0.2) is 4.98 Å². The van der Waals surface area contributed by atoms with Crippen molar-refractivity contribution in [3.05, 3.63) is 95.4 Å². The Labute approximate surface area is 190 Å². The van der Waals surface area contributed by atoms with Gasteiger partial charge in [0.1, 0.15) is 17.4 Å². The molecule has 160 valence electrons. The largest absolute Gasteiger partial charge is 0.489 e. The SMILES string of the molecule is O=C1CCC(C(=O)Cc2ncc(-c3ccc(OCc4ccccc4)cc3)s2)n2cccc21. The van der Waals surface area contributed by atoms with Crippen molar-refractivity contribution in [2.45, 2.75) is 31.9 Å². The van der Waals surface area contributed by atoms with Crippen molar-refractivity contribution in [2.75, 3.05) is 0 Å². The number of hydrogen-bond acceptors (Lipinski definition) is 5. The number of fused-ring (bicyclic) bond motifs is 1. The number of Topliss-reactive ketones (excluding diaryl/α,β-unsaturated/α-hetero) is 2. The van der Waals surface area contributed by atoms with Gasteiger partial charge in [0.05, 0.1) is 23.0 Å². The maximum Gasteiger partial charge on any atom is 0.179 e. The predicted molar refractivity (Wildman–Crippen MR) is 124 cm³/mol. The highest BCUT2D eigenvalue weighted by Gasteiger charge is 2.29. The van der Waals surface area contributed by atoms with Gasteiger partial charge in [-0.15, -0.1) is 11.3 Å². The van der Waals surface area contributed by atoms with Crippen LogP contribution in [0.3, 0.4) is 0 Å². The standard InChI is InChI=1S/C26H22N2O3S/c29-23-13-12-22(28-14-4-7-21(23)28)24(30)15-26-27-16-25(32-26)19-8-10-20(11-9-19)31-17-18-5-2-1-3-6-18/h1-11,14,16,22H,12-13,15,17H2. The molecule has 1 unspecified atom stereocenters. The molecule has 0 N–H and O–H groups in total. The molecule has 2 aromatic heterocycles. The fraction of sp³-hybridized carbons (Fsp3) is 0.192. The Morgan fingerprint density at radius 3 is 2.69 bits per heavy atom. The molecule has 0 saturated carbocycles. The van der Waals surface area contributed by atoms with E-state index >= 15 is 0 Å². The lowest BCUT2D eigenvalue weighted by atomic mass is 9.97. The van der Waals surface area contributed by atoms with Gasteiger partial charge in [0, 0.05) is 18.8 Å². The molecular formula is C26H22N2O3S. The second-order valence-corrected chi connectivity index (χ2v) is 8.95. The first-order valence-electron chi connectivity index (χ1n) is 10.6. The number of thiazole rings is 1. The van der Waals surface area contributed by atoms with Crippen LogP contribution in [0.15, 0.2) is 79.1 Å². The maximum absolute atomic E-state index is 12.9. The highest BCUT2D eigenvalue weighted by molar-refractivity contribution is 7.15. The minimum atomic E-state index is -0.286. The van der Waals surface area contributed by atoms with E-state index in [1.807, 2.05) is 77.6 Å². The molecule has 1 atom stereocenters. The second-order valence-electron chi connectivity index (χ2n) is 7.84. The number of aromatic nitrogens is 2. The van der Waals surface area contributed by atoms with Crippen molar-refractivity contribution in [1.82, 2.24) is 9.55 Å². The van der Waals surface area contributed by atoms with Crippen LogP contribution < -0.4 is 4.74 Å². The zero-order valence-corrected chi connectivity index (χ0v) is 18.3. The number of nitrogens with zero attached hydrogens (tertiary/aromatic N) is 2. The Bertz CT molecular complexity index is 1240. The number of benzene rings is 2. The summed E-state index contributed by atoms with van der Waals surface area (Å²) < 4.78 is 7.67. The van der Waals surface area contributed by atoms with E-state index < -0.39 is 0 Å². The molecule has 0 saturated heterocycles. The molecule has 2 aromatic carbocycles. The third-order valence-corrected chi connectivity index (χ3v) is 6.73. The van der Waals surface area contributed by atoms with Crippen LogP contribution in [-0.4, -0.2) is 21.1 Å². The Kier molecular flexibility index (Phi) is 5.69. The van der Waals surface area contributed by atoms with E-state index in [1.165, 1.54) is 11.3 Å². The van der Waals surface area contributed by atoms with Crippen LogP contribution in [0.5, 0.6) is 5.75 Å². The lowest BCUT2D eigenvalue weighted by Crippen LogP contribution is -2.28. The molecule has 0 aliphatic carbocycles. The van der Waals surface area contributed by atoms with E-state index in [4.69, 9.17) is 4.74 Å². The first kappa shape index (κ1) is 20.4. The Hall–Kier alpha value is -3.51. The number of ether oxygens (including phenoxy) is 1. The zero-order chi connectivity index (χ0) is 21.9. The summed E-state index contributed by atoms with van der Waals surface area (Å²) in [5.41, 5.74) is 2.80. The molecule has 0 bridgehead atoms. The third-order valence-electron chi connectivity index (χ3n) is 5.68. The van der Waals surface area contributed by atoms with Gasteiger partial charge in [-0.2, -0.15) is 0 Å². The molecule has 0 amide bonds. The minimum absolute atomic E-state index is 0.0977. The van der Waals surface area contributed by atoms with Crippen molar-refractivity contribution in [1.29, 1.82) is 0 Å². The van der Waals surface area contributed by atoms with Gasteiger partial charge >= 0.3 is 0 Å². The molecule has 1 aliphatic rings. The van der Waals surface area contributed by atoms with E-state index in [-0.39, 0.29) is 24.0 Å². The van der Waals surface area contributed by atoms with Gasteiger partial charge in [-0.1, -0.05) is 30.3 Å². The van der Waals surface area contributed by atoms with E-state index in [2.05, 4.69) is 4.98 Å². The molecule has 32 heavy (non-hydrogen) atoms. The fourth-order valence-corrected chi connectivity index (χ4v) is 4.93. The minimum Gasteiger partial charge on any atom is -0.489 e. The normalized spacial score (nSPS) is 15.4. The van der Waals surface area contributed by atoms with Crippen molar-refractivity contribution in [3.63, 3.8) is 0 Å². The molecule has 3 heterocycles. The van der Waals surface area contributed by atoms with Crippen molar-refractivity contribution in [3.8, 4) is 16.2 Å². The first-order chi connectivity index (χ1) is 15.7. The van der Waals surface area contributed by atoms with Crippen molar-refractivity contribution < 1.29 is 14.3 Å². The summed E-state index contributed by atoms with van der Waals surface area (Å²) in [6.07, 6.45) is 4.89. The number of rotatable bonds is 7. The van der Waals surface area contributed by atoms with Crippen LogP contribution in [-0.2, 0) is 17.8 Å². The molecule has 5 rings (SSSR count). The van der Waals surface area contributed by atoms with Gasteiger partial charge in [-0.3, -0.25) is 9.59 Å². The molecule has 0 fully saturated rings. The Morgan fingerprint density at radius 1 is 1.06 bits per heavy atom. The van der Waals surface area contributed by atoms with E-state index in [0.29, 0.717) is 25.1 Å². The third kappa shape index (κ3) is 4.27. The number of carbonyl (C=O) groups is 2. The maximum atomic E-state index is 12.9. The van der Waals surface area contributed by atoms with Crippen molar-refractivity contribution in [2.24, 2.45) is 0 Å². The quantitative estimate of drug-likeness (QED) is 0.378. The highest BCUT2D eigenvalue weighted by atomic mass is 32.1. The monoisotopic (exact) mass is 442 g/mol. The van der Waals surface area contributed by atoms with Crippen LogP contribution in [0.4, 0.5) is 0 Å². The van der Waals surface area contributed by atoms with E-state index in [1.54, 1.807) is 6.07 Å². The second kappa shape index (κ2) is 8.93. The lowest BCUT2D eigenvalue weighted by molar-refractivity contribution is -0.121. The van der Waals surface area contributed by atoms with E-state index in [0.717, 1.165) is 26.8 Å². The average molecular weight is 443 g/mol.